The molecule has 1 atom stereocenters. The highest BCUT2D eigenvalue weighted by molar-refractivity contribution is 6.30. The third-order valence-corrected chi connectivity index (χ3v) is 6.75. The number of ether oxygens (including phenoxy) is 2. The van der Waals surface area contributed by atoms with Gasteiger partial charge in [0.05, 0.1) is 25.4 Å². The molecule has 36 heavy (non-hydrogen) atoms. The molecule has 8 heteroatoms. The lowest BCUT2D eigenvalue weighted by atomic mass is 10.1. The number of carbonyl (C=O) groups excluding carboxylic acids is 2. The van der Waals surface area contributed by atoms with E-state index in [1.807, 2.05) is 41.3 Å². The standard InChI is InChI=1S/C28H28Cl2N2O4/c1-35-28(34)23-4-2-20(3-5-23)19-36-26(21-6-10-24(29)11-7-21)18-31-14-16-32(17-15-31)27(33)22-8-12-25(30)13-9-22/h2-13,26H,14-19H2,1H3/t26-/m1/s1. The summed E-state index contributed by atoms with van der Waals surface area (Å²) in [5, 5.41) is 1.29. The third kappa shape index (κ3) is 6.86. The highest BCUT2D eigenvalue weighted by Gasteiger charge is 2.25. The quantitative estimate of drug-likeness (QED) is 0.363. The number of halogens is 2. The number of esters is 1. The first kappa shape index (κ1) is 26.2. The van der Waals surface area contributed by atoms with Gasteiger partial charge in [-0.2, -0.15) is 0 Å². The van der Waals surface area contributed by atoms with E-state index in [9.17, 15) is 9.59 Å². The predicted octanol–water partition coefficient (Wildman–Crippen LogP) is 5.50. The molecule has 1 aliphatic heterocycles. The van der Waals surface area contributed by atoms with E-state index in [1.165, 1.54) is 7.11 Å². The zero-order chi connectivity index (χ0) is 25.5. The summed E-state index contributed by atoms with van der Waals surface area (Å²) >= 11 is 12.1. The van der Waals surface area contributed by atoms with Gasteiger partial charge < -0.3 is 14.4 Å². The maximum absolute atomic E-state index is 12.8. The van der Waals surface area contributed by atoms with E-state index in [0.717, 1.165) is 24.2 Å². The summed E-state index contributed by atoms with van der Waals surface area (Å²) in [5.41, 5.74) is 3.14. The molecule has 3 aromatic carbocycles. The molecular weight excluding hydrogens is 499 g/mol. The van der Waals surface area contributed by atoms with Crippen molar-refractivity contribution in [1.29, 1.82) is 0 Å². The van der Waals surface area contributed by atoms with Crippen LogP contribution in [-0.4, -0.2) is 61.5 Å². The normalized spacial score (nSPS) is 14.9. The Morgan fingerprint density at radius 2 is 1.36 bits per heavy atom. The maximum atomic E-state index is 12.8. The van der Waals surface area contributed by atoms with Crippen LogP contribution in [0.4, 0.5) is 0 Å². The average molecular weight is 527 g/mol. The number of rotatable bonds is 8. The summed E-state index contributed by atoms with van der Waals surface area (Å²) in [4.78, 5) is 28.7. The van der Waals surface area contributed by atoms with Crippen molar-refractivity contribution in [2.45, 2.75) is 12.7 Å². The molecule has 1 heterocycles. The van der Waals surface area contributed by atoms with Gasteiger partial charge in [0.2, 0.25) is 0 Å². The van der Waals surface area contributed by atoms with Crippen LogP contribution in [0.2, 0.25) is 10.0 Å². The van der Waals surface area contributed by atoms with Crippen LogP contribution in [-0.2, 0) is 16.1 Å². The first-order chi connectivity index (χ1) is 17.4. The Morgan fingerprint density at radius 1 is 0.806 bits per heavy atom. The van der Waals surface area contributed by atoms with E-state index in [0.29, 0.717) is 47.4 Å². The van der Waals surface area contributed by atoms with E-state index < -0.39 is 0 Å². The number of nitrogens with zero attached hydrogens (tertiary/aromatic N) is 2. The van der Waals surface area contributed by atoms with Crippen LogP contribution >= 0.6 is 23.2 Å². The van der Waals surface area contributed by atoms with Gasteiger partial charge in [0.1, 0.15) is 0 Å². The molecule has 1 saturated heterocycles. The Hall–Kier alpha value is -2.90. The van der Waals surface area contributed by atoms with Crippen molar-refractivity contribution >= 4 is 35.1 Å². The highest BCUT2D eigenvalue weighted by Crippen LogP contribution is 2.24. The number of carbonyl (C=O) groups is 2. The van der Waals surface area contributed by atoms with Crippen LogP contribution in [0.1, 0.15) is 37.9 Å². The van der Waals surface area contributed by atoms with Crippen molar-refractivity contribution in [2.24, 2.45) is 0 Å². The Bertz CT molecular complexity index is 1160. The van der Waals surface area contributed by atoms with Crippen LogP contribution in [0, 0.1) is 0 Å². The van der Waals surface area contributed by atoms with Crippen molar-refractivity contribution in [3.05, 3.63) is 105 Å². The summed E-state index contributed by atoms with van der Waals surface area (Å²) in [7, 11) is 1.36. The molecule has 6 nitrogen and oxygen atoms in total. The third-order valence-electron chi connectivity index (χ3n) is 6.24. The monoisotopic (exact) mass is 526 g/mol. The molecule has 188 valence electrons. The van der Waals surface area contributed by atoms with Gasteiger partial charge >= 0.3 is 5.97 Å². The molecule has 0 spiro atoms. The predicted molar refractivity (Wildman–Crippen MR) is 141 cm³/mol. The molecule has 1 amide bonds. The van der Waals surface area contributed by atoms with Crippen molar-refractivity contribution in [3.8, 4) is 0 Å². The number of hydrogen-bond acceptors (Lipinski definition) is 5. The number of methoxy groups -OCH3 is 1. The molecule has 0 bridgehead atoms. The second kappa shape index (κ2) is 12.4. The molecule has 0 saturated carbocycles. The fourth-order valence-electron chi connectivity index (χ4n) is 4.13. The average Bonchev–Trinajstić information content (AvgIpc) is 2.92. The molecule has 0 radical (unpaired) electrons. The molecule has 1 aliphatic rings. The summed E-state index contributed by atoms with van der Waals surface area (Å²) in [6.45, 7) is 3.86. The Kier molecular flexibility index (Phi) is 8.99. The Balaban J connectivity index is 1.37. The number of piperazine rings is 1. The van der Waals surface area contributed by atoms with Gasteiger partial charge in [-0.25, -0.2) is 4.79 Å². The first-order valence-electron chi connectivity index (χ1n) is 11.7. The lowest BCUT2D eigenvalue weighted by Gasteiger charge is -2.36. The Labute approximate surface area is 221 Å². The highest BCUT2D eigenvalue weighted by atomic mass is 35.5. The van der Waals surface area contributed by atoms with Crippen LogP contribution < -0.4 is 0 Å². The zero-order valence-electron chi connectivity index (χ0n) is 20.0. The maximum Gasteiger partial charge on any atom is 0.337 e. The van der Waals surface area contributed by atoms with E-state index in [-0.39, 0.29) is 18.0 Å². The van der Waals surface area contributed by atoms with Crippen LogP contribution in [0.25, 0.3) is 0 Å². The van der Waals surface area contributed by atoms with E-state index in [4.69, 9.17) is 32.7 Å². The summed E-state index contributed by atoms with van der Waals surface area (Å²) in [6, 6.07) is 21.9. The largest absolute Gasteiger partial charge is 0.465 e. The van der Waals surface area contributed by atoms with E-state index >= 15 is 0 Å². The zero-order valence-corrected chi connectivity index (χ0v) is 21.5. The summed E-state index contributed by atoms with van der Waals surface area (Å²) < 4.78 is 11.1. The molecule has 0 aliphatic carbocycles. The fourth-order valence-corrected chi connectivity index (χ4v) is 4.38. The van der Waals surface area contributed by atoms with E-state index in [1.54, 1.807) is 36.4 Å². The van der Waals surface area contributed by atoms with Crippen molar-refractivity contribution in [3.63, 3.8) is 0 Å². The second-order valence-corrected chi connectivity index (χ2v) is 9.51. The van der Waals surface area contributed by atoms with Crippen LogP contribution in [0.5, 0.6) is 0 Å². The lowest BCUT2D eigenvalue weighted by Crippen LogP contribution is -2.49. The van der Waals surface area contributed by atoms with E-state index in [2.05, 4.69) is 4.90 Å². The lowest BCUT2D eigenvalue weighted by molar-refractivity contribution is 0.00341. The summed E-state index contributed by atoms with van der Waals surface area (Å²) in [6.07, 6.45) is -0.180. The molecule has 0 N–H and O–H groups in total. The first-order valence-corrected chi connectivity index (χ1v) is 12.5. The number of amides is 1. The smallest absolute Gasteiger partial charge is 0.337 e. The molecular formula is C28H28Cl2N2O4. The molecule has 4 rings (SSSR count). The summed E-state index contributed by atoms with van der Waals surface area (Å²) in [5.74, 6) is -0.345. The number of benzene rings is 3. The fraction of sp³-hybridized carbons (Fsp3) is 0.286. The Morgan fingerprint density at radius 3 is 1.94 bits per heavy atom. The van der Waals surface area contributed by atoms with Gasteiger partial charge in [-0.05, 0) is 59.7 Å². The molecule has 3 aromatic rings. The van der Waals surface area contributed by atoms with Crippen molar-refractivity contribution < 1.29 is 19.1 Å². The van der Waals surface area contributed by atoms with Crippen molar-refractivity contribution in [1.82, 2.24) is 9.80 Å². The van der Waals surface area contributed by atoms with Gasteiger partial charge in [-0.3, -0.25) is 9.69 Å². The van der Waals surface area contributed by atoms with Gasteiger partial charge in [-0.15, -0.1) is 0 Å². The minimum Gasteiger partial charge on any atom is -0.465 e. The van der Waals surface area contributed by atoms with Crippen molar-refractivity contribution in [2.75, 3.05) is 39.8 Å². The minimum absolute atomic E-state index is 0.0206. The minimum atomic E-state index is -0.366. The molecule has 0 aromatic heterocycles. The number of hydrogen-bond donors (Lipinski definition) is 0. The molecule has 1 fully saturated rings. The van der Waals surface area contributed by atoms with Gasteiger partial charge in [0.25, 0.3) is 5.91 Å². The topological polar surface area (TPSA) is 59.1 Å². The van der Waals surface area contributed by atoms with Crippen LogP contribution in [0.15, 0.2) is 72.8 Å². The van der Waals surface area contributed by atoms with Gasteiger partial charge in [0, 0.05) is 48.3 Å². The molecule has 0 unspecified atom stereocenters. The second-order valence-electron chi connectivity index (χ2n) is 8.64. The van der Waals surface area contributed by atoms with Gasteiger partial charge in [0.15, 0.2) is 0 Å². The van der Waals surface area contributed by atoms with Crippen LogP contribution in [0.3, 0.4) is 0 Å². The van der Waals surface area contributed by atoms with Gasteiger partial charge in [-0.1, -0.05) is 47.5 Å². The SMILES string of the molecule is COC(=O)c1ccc(CO[C@H](CN2CCN(C(=O)c3ccc(Cl)cc3)CC2)c2ccc(Cl)cc2)cc1.